The van der Waals surface area contributed by atoms with Gasteiger partial charge in [0.2, 0.25) is 5.89 Å². The molecule has 1 aromatic rings. The lowest BCUT2D eigenvalue weighted by atomic mass is 10.2. The molecular weight excluding hydrogens is 216 g/mol. The molecule has 0 aromatic carbocycles. The molecule has 1 saturated heterocycles. The van der Waals surface area contributed by atoms with Crippen LogP contribution in [0, 0.1) is 6.92 Å². The highest BCUT2D eigenvalue weighted by Gasteiger charge is 2.24. The number of aromatic nitrogens is 2. The van der Waals surface area contributed by atoms with Gasteiger partial charge in [0.25, 0.3) is 0 Å². The first-order chi connectivity index (χ1) is 8.20. The first-order valence-corrected chi connectivity index (χ1v) is 6.47. The number of piperazine rings is 1. The molecule has 17 heavy (non-hydrogen) atoms. The molecule has 0 unspecified atom stereocenters. The molecule has 5 nitrogen and oxygen atoms in total. The summed E-state index contributed by atoms with van der Waals surface area (Å²) >= 11 is 0. The SMILES string of the molecule is CCCN1CCN([C@@H](C)c2nc(C)no2)CC1. The van der Waals surface area contributed by atoms with E-state index in [1.807, 2.05) is 6.92 Å². The predicted molar refractivity (Wildman–Crippen MR) is 65.8 cm³/mol. The minimum absolute atomic E-state index is 0.236. The van der Waals surface area contributed by atoms with Crippen LogP contribution in [-0.4, -0.2) is 52.7 Å². The van der Waals surface area contributed by atoms with Crippen LogP contribution in [0.3, 0.4) is 0 Å². The van der Waals surface area contributed by atoms with E-state index in [1.165, 1.54) is 13.0 Å². The molecule has 96 valence electrons. The van der Waals surface area contributed by atoms with Gasteiger partial charge in [-0.2, -0.15) is 4.98 Å². The molecular formula is C12H22N4O. The topological polar surface area (TPSA) is 45.4 Å². The standard InChI is InChI=1S/C12H22N4O/c1-4-5-15-6-8-16(9-7-15)10(2)12-13-11(3)14-17-12/h10H,4-9H2,1-3H3/t10-/m0/s1. The van der Waals surface area contributed by atoms with E-state index in [4.69, 9.17) is 4.52 Å². The van der Waals surface area contributed by atoms with Crippen LogP contribution in [0.5, 0.6) is 0 Å². The molecule has 1 fully saturated rings. The third kappa shape index (κ3) is 3.04. The van der Waals surface area contributed by atoms with Crippen molar-refractivity contribution < 1.29 is 4.52 Å². The van der Waals surface area contributed by atoms with E-state index < -0.39 is 0 Å². The van der Waals surface area contributed by atoms with E-state index in [-0.39, 0.29) is 6.04 Å². The smallest absolute Gasteiger partial charge is 0.243 e. The van der Waals surface area contributed by atoms with Crippen molar-refractivity contribution in [3.8, 4) is 0 Å². The van der Waals surface area contributed by atoms with Crippen LogP contribution >= 0.6 is 0 Å². The largest absolute Gasteiger partial charge is 0.338 e. The molecule has 2 heterocycles. The number of aryl methyl sites for hydroxylation is 1. The molecule has 0 N–H and O–H groups in total. The Morgan fingerprint density at radius 2 is 2.00 bits per heavy atom. The summed E-state index contributed by atoms with van der Waals surface area (Å²) < 4.78 is 5.24. The minimum Gasteiger partial charge on any atom is -0.338 e. The maximum Gasteiger partial charge on any atom is 0.243 e. The van der Waals surface area contributed by atoms with Gasteiger partial charge in [-0.05, 0) is 26.8 Å². The molecule has 5 heteroatoms. The first-order valence-electron chi connectivity index (χ1n) is 6.47. The van der Waals surface area contributed by atoms with Gasteiger partial charge >= 0.3 is 0 Å². The van der Waals surface area contributed by atoms with E-state index in [0.717, 1.165) is 37.9 Å². The molecule has 1 aromatic heterocycles. The summed E-state index contributed by atoms with van der Waals surface area (Å²) in [6.45, 7) is 11.9. The third-order valence-electron chi connectivity index (χ3n) is 3.40. The summed E-state index contributed by atoms with van der Waals surface area (Å²) in [6.07, 6.45) is 1.23. The van der Waals surface area contributed by atoms with Crippen LogP contribution in [0.2, 0.25) is 0 Å². The van der Waals surface area contributed by atoms with Crippen LogP contribution in [0.4, 0.5) is 0 Å². The molecule has 1 aliphatic rings. The van der Waals surface area contributed by atoms with Crippen molar-refractivity contribution in [1.82, 2.24) is 19.9 Å². The van der Waals surface area contributed by atoms with Gasteiger partial charge < -0.3 is 9.42 Å². The van der Waals surface area contributed by atoms with Crippen LogP contribution in [0.25, 0.3) is 0 Å². The lowest BCUT2D eigenvalue weighted by molar-refractivity contribution is 0.0884. The Balaban J connectivity index is 1.88. The average molecular weight is 238 g/mol. The Kier molecular flexibility index (Phi) is 4.12. The van der Waals surface area contributed by atoms with Crippen molar-refractivity contribution in [2.45, 2.75) is 33.2 Å². The van der Waals surface area contributed by atoms with Crippen molar-refractivity contribution in [3.05, 3.63) is 11.7 Å². The van der Waals surface area contributed by atoms with Crippen molar-refractivity contribution in [1.29, 1.82) is 0 Å². The minimum atomic E-state index is 0.236. The molecule has 0 radical (unpaired) electrons. The number of hydrogen-bond acceptors (Lipinski definition) is 5. The molecule has 1 atom stereocenters. The van der Waals surface area contributed by atoms with E-state index >= 15 is 0 Å². The van der Waals surface area contributed by atoms with Crippen LogP contribution < -0.4 is 0 Å². The average Bonchev–Trinajstić information content (AvgIpc) is 2.76. The van der Waals surface area contributed by atoms with Gasteiger partial charge in [0, 0.05) is 26.2 Å². The zero-order valence-electron chi connectivity index (χ0n) is 11.0. The summed E-state index contributed by atoms with van der Waals surface area (Å²) in [5, 5.41) is 3.85. The Labute approximate surface area is 103 Å². The Bertz CT molecular complexity index is 344. The van der Waals surface area contributed by atoms with Crippen LogP contribution in [0.15, 0.2) is 4.52 Å². The Morgan fingerprint density at radius 3 is 2.53 bits per heavy atom. The number of rotatable bonds is 4. The van der Waals surface area contributed by atoms with Crippen molar-refractivity contribution in [2.75, 3.05) is 32.7 Å². The first kappa shape index (κ1) is 12.5. The molecule has 0 amide bonds. The normalized spacial score (nSPS) is 20.6. The zero-order chi connectivity index (χ0) is 12.3. The quantitative estimate of drug-likeness (QED) is 0.795. The van der Waals surface area contributed by atoms with Gasteiger partial charge in [-0.1, -0.05) is 12.1 Å². The fourth-order valence-electron chi connectivity index (χ4n) is 2.33. The fourth-order valence-corrected chi connectivity index (χ4v) is 2.33. The molecule has 0 saturated carbocycles. The van der Waals surface area contributed by atoms with Gasteiger partial charge in [-0.25, -0.2) is 0 Å². The van der Waals surface area contributed by atoms with Crippen LogP contribution in [0.1, 0.15) is 38.0 Å². The molecule has 1 aliphatic heterocycles. The van der Waals surface area contributed by atoms with Crippen molar-refractivity contribution in [2.24, 2.45) is 0 Å². The second-order valence-corrected chi connectivity index (χ2v) is 4.73. The monoisotopic (exact) mass is 238 g/mol. The van der Waals surface area contributed by atoms with Crippen molar-refractivity contribution in [3.63, 3.8) is 0 Å². The lowest BCUT2D eigenvalue weighted by Gasteiger charge is -2.36. The van der Waals surface area contributed by atoms with E-state index in [1.54, 1.807) is 0 Å². The van der Waals surface area contributed by atoms with Gasteiger partial charge in [0.1, 0.15) is 0 Å². The fraction of sp³-hybridized carbons (Fsp3) is 0.833. The van der Waals surface area contributed by atoms with Crippen LogP contribution in [-0.2, 0) is 0 Å². The van der Waals surface area contributed by atoms with Gasteiger partial charge in [0.05, 0.1) is 6.04 Å². The predicted octanol–water partition coefficient (Wildman–Crippen LogP) is 1.47. The number of nitrogens with zero attached hydrogens (tertiary/aromatic N) is 4. The van der Waals surface area contributed by atoms with Crippen molar-refractivity contribution >= 4 is 0 Å². The maximum absolute atomic E-state index is 5.24. The Morgan fingerprint density at radius 1 is 1.29 bits per heavy atom. The summed E-state index contributed by atoms with van der Waals surface area (Å²) in [4.78, 5) is 9.24. The van der Waals surface area contributed by atoms with E-state index in [0.29, 0.717) is 0 Å². The van der Waals surface area contributed by atoms with Gasteiger partial charge in [0.15, 0.2) is 5.82 Å². The molecule has 0 bridgehead atoms. The summed E-state index contributed by atoms with van der Waals surface area (Å²) in [7, 11) is 0. The molecule has 0 aliphatic carbocycles. The van der Waals surface area contributed by atoms with E-state index in [2.05, 4.69) is 33.8 Å². The summed E-state index contributed by atoms with van der Waals surface area (Å²) in [6, 6.07) is 0.236. The molecule has 0 spiro atoms. The van der Waals surface area contributed by atoms with E-state index in [9.17, 15) is 0 Å². The highest BCUT2D eigenvalue weighted by atomic mass is 16.5. The highest BCUT2D eigenvalue weighted by Crippen LogP contribution is 2.19. The number of hydrogen-bond donors (Lipinski definition) is 0. The molecule has 2 rings (SSSR count). The Hall–Kier alpha value is -0.940. The second-order valence-electron chi connectivity index (χ2n) is 4.73. The zero-order valence-corrected chi connectivity index (χ0v) is 11.0. The van der Waals surface area contributed by atoms with Gasteiger partial charge in [-0.3, -0.25) is 4.90 Å². The summed E-state index contributed by atoms with van der Waals surface area (Å²) in [5.41, 5.74) is 0. The third-order valence-corrected chi connectivity index (χ3v) is 3.40. The lowest BCUT2D eigenvalue weighted by Crippen LogP contribution is -2.47. The second kappa shape index (κ2) is 5.60. The highest BCUT2D eigenvalue weighted by molar-refractivity contribution is 4.91. The maximum atomic E-state index is 5.24. The van der Waals surface area contributed by atoms with Gasteiger partial charge in [-0.15, -0.1) is 0 Å². The summed E-state index contributed by atoms with van der Waals surface area (Å²) in [5.74, 6) is 1.46.